The highest BCUT2D eigenvalue weighted by molar-refractivity contribution is 7.77. The fourth-order valence-corrected chi connectivity index (χ4v) is 6.19. The van der Waals surface area contributed by atoms with Gasteiger partial charge in [0, 0.05) is 43.0 Å². The van der Waals surface area contributed by atoms with E-state index in [1.54, 1.807) is 23.0 Å². The zero-order valence-corrected chi connectivity index (χ0v) is 23.9. The van der Waals surface area contributed by atoms with Crippen LogP contribution in [0.3, 0.4) is 0 Å². The molecule has 43 heavy (non-hydrogen) atoms. The van der Waals surface area contributed by atoms with E-state index in [1.165, 1.54) is 12.1 Å². The van der Waals surface area contributed by atoms with E-state index in [-0.39, 0.29) is 5.56 Å². The summed E-state index contributed by atoms with van der Waals surface area (Å²) in [5.41, 5.74) is 3.81. The number of fused-ring (bicyclic) bond motifs is 1. The van der Waals surface area contributed by atoms with Gasteiger partial charge in [0.1, 0.15) is 23.8 Å². The van der Waals surface area contributed by atoms with Gasteiger partial charge in [-0.15, -0.1) is 0 Å². The zero-order chi connectivity index (χ0) is 29.6. The molecule has 2 fully saturated rings. The van der Waals surface area contributed by atoms with Crippen LogP contribution in [0.15, 0.2) is 67.3 Å². The maximum Gasteiger partial charge on any atom is 0.232 e. The average Bonchev–Trinajstić information content (AvgIpc) is 3.42. The Morgan fingerprint density at radius 3 is 2.60 bits per heavy atom. The van der Waals surface area contributed by atoms with Gasteiger partial charge in [-0.2, -0.15) is 5.10 Å². The number of aromatic nitrogens is 5. The van der Waals surface area contributed by atoms with Crippen LogP contribution in [0.5, 0.6) is 0 Å². The minimum atomic E-state index is -2.27. The highest BCUT2D eigenvalue weighted by Gasteiger charge is 2.47. The second-order valence-corrected chi connectivity index (χ2v) is 11.6. The first-order chi connectivity index (χ1) is 20.9. The smallest absolute Gasteiger partial charge is 0.232 e. The van der Waals surface area contributed by atoms with Crippen LogP contribution in [0.1, 0.15) is 18.5 Å². The monoisotopic (exact) mass is 605 g/mol. The molecule has 2 N–H and O–H groups in total. The Hall–Kier alpha value is -3.88. The molecule has 1 saturated carbocycles. The van der Waals surface area contributed by atoms with Crippen molar-refractivity contribution in [2.75, 3.05) is 32.8 Å². The molecule has 2 aromatic carbocycles. The summed E-state index contributed by atoms with van der Waals surface area (Å²) >= 11 is -2.27. The largest absolute Gasteiger partial charge is 0.379 e. The van der Waals surface area contributed by atoms with Crippen molar-refractivity contribution in [3.05, 3.63) is 84.6 Å². The SMILES string of the molecule is O=S(O)NC1(c2cc(-c3ccc(F)cc3F)cc(-n3cnc4cc(-c5cnn(CCN6CCOCC6)c5)ccc43)n2)CC1. The summed E-state index contributed by atoms with van der Waals surface area (Å²) in [6.07, 6.45) is 6.71. The van der Waals surface area contributed by atoms with Gasteiger partial charge in [-0.25, -0.2) is 27.7 Å². The maximum atomic E-state index is 14.9. The highest BCUT2D eigenvalue weighted by Crippen LogP contribution is 2.46. The Bertz CT molecular complexity index is 1830. The van der Waals surface area contributed by atoms with E-state index in [0.717, 1.165) is 67.6 Å². The summed E-state index contributed by atoms with van der Waals surface area (Å²) in [6.45, 7) is 5.10. The van der Waals surface area contributed by atoms with Crippen LogP contribution in [-0.4, -0.2) is 70.8 Å². The second kappa shape index (κ2) is 11.3. The minimum absolute atomic E-state index is 0.199. The first kappa shape index (κ1) is 27.9. The fraction of sp³-hybridized carbons (Fsp3) is 0.300. The number of nitrogens with one attached hydrogen (secondary N) is 1. The predicted octanol–water partition coefficient (Wildman–Crippen LogP) is 4.28. The third-order valence-corrected chi connectivity index (χ3v) is 8.65. The van der Waals surface area contributed by atoms with Crippen molar-refractivity contribution in [2.45, 2.75) is 24.9 Å². The van der Waals surface area contributed by atoms with Crippen LogP contribution in [0.2, 0.25) is 0 Å². The van der Waals surface area contributed by atoms with Crippen molar-refractivity contribution in [2.24, 2.45) is 0 Å². The van der Waals surface area contributed by atoms with Crippen molar-refractivity contribution in [3.63, 3.8) is 0 Å². The molecule has 3 aromatic heterocycles. The standard InChI is InChI=1S/C30H29F2N7O3S/c31-23-2-3-24(25(32)16-23)21-14-28(30(5-6-30)36-43(40)41)35-29(15-21)39-19-33-26-13-20(1-4-27(26)39)22-17-34-38(18-22)8-7-37-9-11-42-12-10-37/h1-4,13-19,36H,5-12H2,(H,40,41). The number of imidazole rings is 1. The molecular formula is C30H29F2N7O3S. The first-order valence-electron chi connectivity index (χ1n) is 14.0. The van der Waals surface area contributed by atoms with Gasteiger partial charge >= 0.3 is 0 Å². The van der Waals surface area contributed by atoms with Gasteiger partial charge in [0.15, 0.2) is 0 Å². The predicted molar refractivity (Wildman–Crippen MR) is 158 cm³/mol. The van der Waals surface area contributed by atoms with Crippen molar-refractivity contribution < 1.29 is 22.3 Å². The molecule has 5 aromatic rings. The lowest BCUT2D eigenvalue weighted by Gasteiger charge is -2.26. The Morgan fingerprint density at radius 2 is 1.84 bits per heavy atom. The summed E-state index contributed by atoms with van der Waals surface area (Å²) in [5, 5.41) is 4.54. The van der Waals surface area contributed by atoms with E-state index < -0.39 is 28.4 Å². The molecule has 0 amide bonds. The number of benzene rings is 2. The van der Waals surface area contributed by atoms with Crippen molar-refractivity contribution in [3.8, 4) is 28.1 Å². The molecule has 0 bridgehead atoms. The number of ether oxygens (including phenoxy) is 1. The summed E-state index contributed by atoms with van der Waals surface area (Å²) in [6, 6.07) is 12.7. The van der Waals surface area contributed by atoms with E-state index in [1.807, 2.05) is 35.3 Å². The number of rotatable bonds is 9. The normalized spacial score (nSPS) is 17.4. The second-order valence-electron chi connectivity index (χ2n) is 10.9. The molecule has 0 spiro atoms. The first-order valence-corrected chi connectivity index (χ1v) is 15.1. The van der Waals surface area contributed by atoms with Gasteiger partial charge in [-0.1, -0.05) is 6.07 Å². The van der Waals surface area contributed by atoms with Crippen LogP contribution >= 0.6 is 0 Å². The average molecular weight is 606 g/mol. The summed E-state index contributed by atoms with van der Waals surface area (Å²) in [7, 11) is 0. The molecule has 2 aliphatic rings. The number of halogens is 2. The Labute approximate surface area is 248 Å². The molecule has 222 valence electrons. The van der Waals surface area contributed by atoms with Crippen molar-refractivity contribution >= 4 is 22.3 Å². The lowest BCUT2D eigenvalue weighted by atomic mass is 10.0. The molecule has 4 heterocycles. The van der Waals surface area contributed by atoms with Crippen LogP contribution < -0.4 is 4.72 Å². The molecule has 1 saturated heterocycles. The number of hydrogen-bond acceptors (Lipinski definition) is 6. The topological polar surface area (TPSA) is 110 Å². The molecular weight excluding hydrogens is 576 g/mol. The zero-order valence-electron chi connectivity index (χ0n) is 23.1. The molecule has 1 aliphatic carbocycles. The maximum absolute atomic E-state index is 14.9. The van der Waals surface area contributed by atoms with Crippen LogP contribution in [0, 0.1) is 11.6 Å². The molecule has 1 unspecified atom stereocenters. The summed E-state index contributed by atoms with van der Waals surface area (Å²) < 4.78 is 61.6. The fourth-order valence-electron chi connectivity index (χ4n) is 5.54. The third-order valence-electron chi connectivity index (χ3n) is 8.09. The van der Waals surface area contributed by atoms with E-state index in [9.17, 15) is 17.5 Å². The van der Waals surface area contributed by atoms with E-state index >= 15 is 0 Å². The number of morpholine rings is 1. The molecule has 7 rings (SSSR count). The Kier molecular flexibility index (Phi) is 7.35. The van der Waals surface area contributed by atoms with E-state index in [2.05, 4.69) is 19.7 Å². The van der Waals surface area contributed by atoms with Crippen LogP contribution in [0.25, 0.3) is 39.1 Å². The molecule has 0 radical (unpaired) electrons. The summed E-state index contributed by atoms with van der Waals surface area (Å²) in [4.78, 5) is 11.8. The van der Waals surface area contributed by atoms with E-state index in [0.29, 0.717) is 29.9 Å². The van der Waals surface area contributed by atoms with Gasteiger partial charge in [-0.05, 0) is 60.4 Å². The van der Waals surface area contributed by atoms with Gasteiger partial charge < -0.3 is 4.74 Å². The van der Waals surface area contributed by atoms with Crippen LogP contribution in [-0.2, 0) is 28.1 Å². The van der Waals surface area contributed by atoms with Gasteiger partial charge in [-0.3, -0.25) is 18.7 Å². The van der Waals surface area contributed by atoms with E-state index in [4.69, 9.17) is 9.72 Å². The Morgan fingerprint density at radius 1 is 1.00 bits per heavy atom. The van der Waals surface area contributed by atoms with Crippen molar-refractivity contribution in [1.29, 1.82) is 0 Å². The number of nitrogens with zero attached hydrogens (tertiary/aromatic N) is 6. The molecule has 1 atom stereocenters. The molecule has 1 aliphatic heterocycles. The lowest BCUT2D eigenvalue weighted by molar-refractivity contribution is 0.0360. The molecule has 10 nitrogen and oxygen atoms in total. The number of hydrogen-bond donors (Lipinski definition) is 2. The number of pyridine rings is 1. The van der Waals surface area contributed by atoms with Crippen molar-refractivity contribution in [1.82, 2.24) is 33.9 Å². The lowest BCUT2D eigenvalue weighted by Crippen LogP contribution is -2.38. The minimum Gasteiger partial charge on any atom is -0.379 e. The summed E-state index contributed by atoms with van der Waals surface area (Å²) in [5.74, 6) is -0.928. The molecule has 13 heteroatoms. The quantitative estimate of drug-likeness (QED) is 0.242. The Balaban J connectivity index is 1.21. The third kappa shape index (κ3) is 5.74. The highest BCUT2D eigenvalue weighted by atomic mass is 32.2. The van der Waals surface area contributed by atoms with Gasteiger partial charge in [0.25, 0.3) is 0 Å². The van der Waals surface area contributed by atoms with Crippen LogP contribution in [0.4, 0.5) is 8.78 Å². The van der Waals surface area contributed by atoms with Gasteiger partial charge in [0.2, 0.25) is 11.3 Å². The van der Waals surface area contributed by atoms with Gasteiger partial charge in [0.05, 0.1) is 48.2 Å².